The zero-order valence-electron chi connectivity index (χ0n) is 11.0. The lowest BCUT2D eigenvalue weighted by Gasteiger charge is -2.37. The number of hydrogen-bond donors (Lipinski definition) is 2. The van der Waals surface area contributed by atoms with Crippen LogP contribution in [0.2, 0.25) is 5.02 Å². The molecule has 1 heterocycles. The third-order valence-corrected chi connectivity index (χ3v) is 3.97. The Morgan fingerprint density at radius 3 is 3.00 bits per heavy atom. The van der Waals surface area contributed by atoms with Crippen LogP contribution >= 0.6 is 11.6 Å². The van der Waals surface area contributed by atoms with Crippen LogP contribution in [-0.4, -0.2) is 30.6 Å². The van der Waals surface area contributed by atoms with Crippen LogP contribution < -0.4 is 10.2 Å². The van der Waals surface area contributed by atoms with Gasteiger partial charge in [-0.25, -0.2) is 0 Å². The van der Waals surface area contributed by atoms with Gasteiger partial charge in [-0.05, 0) is 31.4 Å². The number of carbonyl (C=O) groups excluding carboxylic acids is 1. The number of rotatable bonds is 3. The Hall–Kier alpha value is -1.26. The highest BCUT2D eigenvalue weighted by Crippen LogP contribution is 2.32. The molecular formula is C14H19ClN2O2. The summed E-state index contributed by atoms with van der Waals surface area (Å²) in [6, 6.07) is 5.35. The number of nitrogens with one attached hydrogen (secondary N) is 1. The van der Waals surface area contributed by atoms with Gasteiger partial charge in [-0.15, -0.1) is 0 Å². The number of halogens is 1. The van der Waals surface area contributed by atoms with Crippen molar-refractivity contribution in [3.8, 4) is 0 Å². The van der Waals surface area contributed by atoms with E-state index in [1.807, 2.05) is 12.1 Å². The molecule has 0 aromatic heterocycles. The lowest BCUT2D eigenvalue weighted by atomic mass is 9.99. The first-order chi connectivity index (χ1) is 9.19. The Balaban J connectivity index is 2.37. The highest BCUT2D eigenvalue weighted by atomic mass is 35.5. The fourth-order valence-corrected chi connectivity index (χ4v) is 2.86. The summed E-state index contributed by atoms with van der Waals surface area (Å²) in [4.78, 5) is 14.0. The van der Waals surface area contributed by atoms with Crippen molar-refractivity contribution in [2.24, 2.45) is 0 Å². The lowest BCUT2D eigenvalue weighted by Crippen LogP contribution is -2.49. The molecular weight excluding hydrogens is 264 g/mol. The molecule has 1 aliphatic rings. The summed E-state index contributed by atoms with van der Waals surface area (Å²) in [7, 11) is 1.65. The van der Waals surface area contributed by atoms with Gasteiger partial charge in [0.2, 0.25) is 5.91 Å². The van der Waals surface area contributed by atoms with Gasteiger partial charge in [0, 0.05) is 29.9 Å². The molecule has 4 nitrogen and oxygen atoms in total. The van der Waals surface area contributed by atoms with Gasteiger partial charge in [0.1, 0.15) is 6.04 Å². The first-order valence-corrected chi connectivity index (χ1v) is 6.93. The molecule has 1 fully saturated rings. The number of carbonyl (C=O) groups is 1. The van der Waals surface area contributed by atoms with Crippen LogP contribution in [-0.2, 0) is 11.4 Å². The monoisotopic (exact) mass is 282 g/mol. The van der Waals surface area contributed by atoms with E-state index in [9.17, 15) is 9.90 Å². The molecule has 1 atom stereocenters. The van der Waals surface area contributed by atoms with Gasteiger partial charge in [-0.1, -0.05) is 17.7 Å². The molecule has 1 aromatic carbocycles. The van der Waals surface area contributed by atoms with E-state index in [4.69, 9.17) is 11.6 Å². The van der Waals surface area contributed by atoms with E-state index >= 15 is 0 Å². The minimum absolute atomic E-state index is 0.0172. The van der Waals surface area contributed by atoms with Crippen LogP contribution in [0.1, 0.15) is 24.8 Å². The Morgan fingerprint density at radius 1 is 1.53 bits per heavy atom. The van der Waals surface area contributed by atoms with Crippen molar-refractivity contribution < 1.29 is 9.90 Å². The number of aliphatic hydroxyl groups is 1. The summed E-state index contributed by atoms with van der Waals surface area (Å²) >= 11 is 6.12. The quantitative estimate of drug-likeness (QED) is 0.891. The van der Waals surface area contributed by atoms with E-state index in [1.165, 1.54) is 0 Å². The minimum atomic E-state index is -0.178. The molecule has 5 heteroatoms. The van der Waals surface area contributed by atoms with Crippen LogP contribution in [0, 0.1) is 0 Å². The SMILES string of the molecule is CNC(=O)C1CCCCN1c1cccc(Cl)c1CO. The van der Waals surface area contributed by atoms with Gasteiger partial charge < -0.3 is 15.3 Å². The molecule has 0 radical (unpaired) electrons. The zero-order chi connectivity index (χ0) is 13.8. The number of aliphatic hydroxyl groups excluding tert-OH is 1. The summed E-state index contributed by atoms with van der Waals surface area (Å²) in [5.74, 6) is 0.0172. The Kier molecular flexibility index (Phi) is 4.66. The summed E-state index contributed by atoms with van der Waals surface area (Å²) in [5.41, 5.74) is 1.56. The largest absolute Gasteiger partial charge is 0.392 e. The average Bonchev–Trinajstić information content (AvgIpc) is 2.46. The number of benzene rings is 1. The fourth-order valence-electron chi connectivity index (χ4n) is 2.63. The van der Waals surface area contributed by atoms with Crippen LogP contribution in [0.3, 0.4) is 0 Å². The molecule has 0 saturated carbocycles. The summed E-state index contributed by atoms with van der Waals surface area (Å²) < 4.78 is 0. The molecule has 1 saturated heterocycles. The first-order valence-electron chi connectivity index (χ1n) is 6.55. The molecule has 2 rings (SSSR count). The van der Waals surface area contributed by atoms with Crippen molar-refractivity contribution >= 4 is 23.2 Å². The Bertz CT molecular complexity index is 465. The molecule has 2 N–H and O–H groups in total. The van der Waals surface area contributed by atoms with Gasteiger partial charge in [-0.2, -0.15) is 0 Å². The van der Waals surface area contributed by atoms with E-state index in [1.54, 1.807) is 13.1 Å². The molecule has 1 unspecified atom stereocenters. The minimum Gasteiger partial charge on any atom is -0.392 e. The molecule has 1 amide bonds. The maximum atomic E-state index is 12.0. The molecule has 1 aliphatic heterocycles. The Morgan fingerprint density at radius 2 is 2.32 bits per heavy atom. The van der Waals surface area contributed by atoms with E-state index in [-0.39, 0.29) is 18.6 Å². The highest BCUT2D eigenvalue weighted by Gasteiger charge is 2.29. The number of piperidine rings is 1. The maximum absolute atomic E-state index is 12.0. The predicted molar refractivity (Wildman–Crippen MR) is 76.4 cm³/mol. The number of anilines is 1. The van der Waals surface area contributed by atoms with Crippen LogP contribution in [0.25, 0.3) is 0 Å². The summed E-state index contributed by atoms with van der Waals surface area (Å²) in [5, 5.41) is 12.8. The first kappa shape index (κ1) is 14.2. The normalized spacial score (nSPS) is 19.3. The third kappa shape index (κ3) is 2.85. The second kappa shape index (κ2) is 6.26. The van der Waals surface area contributed by atoms with E-state index in [0.29, 0.717) is 10.6 Å². The van der Waals surface area contributed by atoms with Gasteiger partial charge in [0.25, 0.3) is 0 Å². The van der Waals surface area contributed by atoms with Crippen molar-refractivity contribution in [2.45, 2.75) is 31.9 Å². The van der Waals surface area contributed by atoms with Crippen molar-refractivity contribution in [2.75, 3.05) is 18.5 Å². The maximum Gasteiger partial charge on any atom is 0.242 e. The predicted octanol–water partition coefficient (Wildman–Crippen LogP) is 1.94. The van der Waals surface area contributed by atoms with E-state index in [2.05, 4.69) is 10.2 Å². The van der Waals surface area contributed by atoms with Crippen molar-refractivity contribution in [1.82, 2.24) is 5.32 Å². The highest BCUT2D eigenvalue weighted by molar-refractivity contribution is 6.31. The molecule has 104 valence electrons. The van der Waals surface area contributed by atoms with Gasteiger partial charge in [-0.3, -0.25) is 4.79 Å². The van der Waals surface area contributed by atoms with Crippen molar-refractivity contribution in [3.63, 3.8) is 0 Å². The number of hydrogen-bond acceptors (Lipinski definition) is 3. The third-order valence-electron chi connectivity index (χ3n) is 3.61. The summed E-state index contributed by atoms with van der Waals surface area (Å²) in [6.07, 6.45) is 2.92. The fraction of sp³-hybridized carbons (Fsp3) is 0.500. The van der Waals surface area contributed by atoms with Crippen LogP contribution in [0.4, 0.5) is 5.69 Å². The number of amides is 1. The Labute approximate surface area is 118 Å². The molecule has 0 spiro atoms. The van der Waals surface area contributed by atoms with E-state index in [0.717, 1.165) is 31.5 Å². The average molecular weight is 283 g/mol. The molecule has 0 aliphatic carbocycles. The standard InChI is InChI=1S/C14H19ClN2O2/c1-16-14(19)13-6-2-3-8-17(13)12-7-4-5-11(15)10(12)9-18/h4-5,7,13,18H,2-3,6,8-9H2,1H3,(H,16,19). The smallest absolute Gasteiger partial charge is 0.242 e. The van der Waals surface area contributed by atoms with Crippen molar-refractivity contribution in [1.29, 1.82) is 0 Å². The second-order valence-electron chi connectivity index (χ2n) is 4.71. The second-order valence-corrected chi connectivity index (χ2v) is 5.12. The molecule has 19 heavy (non-hydrogen) atoms. The van der Waals surface area contributed by atoms with Crippen LogP contribution in [0.15, 0.2) is 18.2 Å². The lowest BCUT2D eigenvalue weighted by molar-refractivity contribution is -0.122. The number of nitrogens with zero attached hydrogens (tertiary/aromatic N) is 1. The van der Waals surface area contributed by atoms with Gasteiger partial charge in [0.05, 0.1) is 6.61 Å². The van der Waals surface area contributed by atoms with E-state index < -0.39 is 0 Å². The summed E-state index contributed by atoms with van der Waals surface area (Å²) in [6.45, 7) is 0.692. The van der Waals surface area contributed by atoms with Gasteiger partial charge >= 0.3 is 0 Å². The van der Waals surface area contributed by atoms with Crippen molar-refractivity contribution in [3.05, 3.63) is 28.8 Å². The molecule has 1 aromatic rings. The van der Waals surface area contributed by atoms with Gasteiger partial charge in [0.15, 0.2) is 0 Å². The molecule has 0 bridgehead atoms. The topological polar surface area (TPSA) is 52.6 Å². The zero-order valence-corrected chi connectivity index (χ0v) is 11.8. The number of likely N-dealkylation sites (N-methyl/N-ethyl adjacent to an activating group) is 1. The van der Waals surface area contributed by atoms with Crippen LogP contribution in [0.5, 0.6) is 0 Å².